The normalized spacial score (nSPS) is 10.5. The second kappa shape index (κ2) is 7.51. The fourth-order valence-corrected chi connectivity index (χ4v) is 2.17. The molecule has 0 radical (unpaired) electrons. The van der Waals surface area contributed by atoms with Crippen LogP contribution in [0.25, 0.3) is 0 Å². The molecular weight excluding hydrogens is 330 g/mol. The van der Waals surface area contributed by atoms with Gasteiger partial charge in [-0.2, -0.15) is 5.10 Å². The lowest BCUT2D eigenvalue weighted by Gasteiger charge is -2.11. The Morgan fingerprint density at radius 2 is 2.18 bits per heavy atom. The summed E-state index contributed by atoms with van der Waals surface area (Å²) in [6.45, 7) is 3.12. The molecule has 8 heteroatoms. The molecule has 2 rings (SSSR count). The van der Waals surface area contributed by atoms with Crippen molar-refractivity contribution in [2.24, 2.45) is 0 Å². The van der Waals surface area contributed by atoms with Crippen LogP contribution in [-0.4, -0.2) is 21.4 Å². The molecule has 0 saturated carbocycles. The summed E-state index contributed by atoms with van der Waals surface area (Å²) in [4.78, 5) is 0. The van der Waals surface area contributed by atoms with Gasteiger partial charge in [0.25, 0.3) is 0 Å². The third kappa shape index (κ3) is 4.64. The van der Waals surface area contributed by atoms with Crippen molar-refractivity contribution in [3.63, 3.8) is 0 Å². The van der Waals surface area contributed by atoms with Crippen molar-refractivity contribution in [2.45, 2.75) is 19.9 Å². The Bertz CT molecular complexity index is 655. The number of rotatable bonds is 5. The third-order valence-corrected chi connectivity index (χ3v) is 3.53. The maximum atomic E-state index is 13.4. The molecule has 2 aromatic rings. The zero-order valence-electron chi connectivity index (χ0n) is 11.9. The summed E-state index contributed by atoms with van der Waals surface area (Å²) in [5, 5.41) is 10.8. The highest BCUT2D eigenvalue weighted by atomic mass is 35.5. The molecule has 0 unspecified atom stereocenters. The van der Waals surface area contributed by atoms with Gasteiger partial charge in [-0.05, 0) is 37.7 Å². The molecule has 0 amide bonds. The van der Waals surface area contributed by atoms with E-state index in [9.17, 15) is 8.78 Å². The molecule has 118 valence electrons. The SMILES string of the molecule is Cc1nn(CCCNC(=S)Nc2ccc(F)cc2F)cc1Cl. The van der Waals surface area contributed by atoms with Gasteiger partial charge >= 0.3 is 0 Å². The van der Waals surface area contributed by atoms with E-state index < -0.39 is 11.6 Å². The molecule has 0 bridgehead atoms. The standard InChI is InChI=1S/C14H15ClF2N4S/c1-9-11(15)8-21(20-9)6-2-5-18-14(22)19-13-4-3-10(16)7-12(13)17/h3-4,7-8H,2,5-6H2,1H3,(H2,18,19,22). The van der Waals surface area contributed by atoms with Gasteiger partial charge in [0, 0.05) is 25.4 Å². The topological polar surface area (TPSA) is 41.9 Å². The minimum Gasteiger partial charge on any atom is -0.362 e. The summed E-state index contributed by atoms with van der Waals surface area (Å²) in [5.74, 6) is -1.32. The predicted molar refractivity (Wildman–Crippen MR) is 87.2 cm³/mol. The molecule has 0 fully saturated rings. The fraction of sp³-hybridized carbons (Fsp3) is 0.286. The smallest absolute Gasteiger partial charge is 0.170 e. The van der Waals surface area contributed by atoms with Crippen molar-refractivity contribution in [3.8, 4) is 0 Å². The van der Waals surface area contributed by atoms with E-state index in [2.05, 4.69) is 15.7 Å². The Morgan fingerprint density at radius 1 is 1.41 bits per heavy atom. The molecule has 0 aliphatic heterocycles. The molecule has 0 aliphatic rings. The maximum Gasteiger partial charge on any atom is 0.170 e. The van der Waals surface area contributed by atoms with Crippen molar-refractivity contribution in [2.75, 3.05) is 11.9 Å². The Hall–Kier alpha value is -1.73. The lowest BCUT2D eigenvalue weighted by molar-refractivity contribution is 0.570. The van der Waals surface area contributed by atoms with Gasteiger partial charge < -0.3 is 10.6 Å². The first kappa shape index (κ1) is 16.6. The molecule has 0 atom stereocenters. The van der Waals surface area contributed by atoms with Crippen molar-refractivity contribution in [1.29, 1.82) is 0 Å². The molecule has 0 aliphatic carbocycles. The molecule has 4 nitrogen and oxygen atoms in total. The molecule has 0 saturated heterocycles. The third-order valence-electron chi connectivity index (χ3n) is 2.92. The van der Waals surface area contributed by atoms with Gasteiger partial charge in [-0.15, -0.1) is 0 Å². The van der Waals surface area contributed by atoms with E-state index in [1.54, 1.807) is 10.9 Å². The summed E-state index contributed by atoms with van der Waals surface area (Å²) in [7, 11) is 0. The van der Waals surface area contributed by atoms with E-state index in [0.29, 0.717) is 18.1 Å². The van der Waals surface area contributed by atoms with Gasteiger partial charge in [-0.3, -0.25) is 4.68 Å². The molecule has 0 spiro atoms. The van der Waals surface area contributed by atoms with Crippen LogP contribution < -0.4 is 10.6 Å². The van der Waals surface area contributed by atoms with Gasteiger partial charge in [0.2, 0.25) is 0 Å². The van der Waals surface area contributed by atoms with Crippen LogP contribution in [0.1, 0.15) is 12.1 Å². The zero-order valence-corrected chi connectivity index (χ0v) is 13.4. The summed E-state index contributed by atoms with van der Waals surface area (Å²) < 4.78 is 28.0. The Kier molecular flexibility index (Phi) is 5.68. The van der Waals surface area contributed by atoms with Crippen molar-refractivity contribution < 1.29 is 8.78 Å². The van der Waals surface area contributed by atoms with Crippen LogP contribution in [0.15, 0.2) is 24.4 Å². The van der Waals surface area contributed by atoms with Crippen LogP contribution in [0, 0.1) is 18.6 Å². The van der Waals surface area contributed by atoms with Crippen LogP contribution >= 0.6 is 23.8 Å². The average molecular weight is 345 g/mol. The van der Waals surface area contributed by atoms with Gasteiger partial charge in [0.1, 0.15) is 11.6 Å². The summed E-state index contributed by atoms with van der Waals surface area (Å²) >= 11 is 11.0. The summed E-state index contributed by atoms with van der Waals surface area (Å²) in [6.07, 6.45) is 2.53. The number of nitrogens with one attached hydrogen (secondary N) is 2. The lowest BCUT2D eigenvalue weighted by Crippen LogP contribution is -2.30. The lowest BCUT2D eigenvalue weighted by atomic mass is 10.3. The minimum absolute atomic E-state index is 0.133. The van der Waals surface area contributed by atoms with Crippen molar-refractivity contribution >= 4 is 34.6 Å². The molecule has 2 N–H and O–H groups in total. The van der Waals surface area contributed by atoms with Gasteiger partial charge in [0.05, 0.1) is 16.4 Å². The summed E-state index contributed by atoms with van der Waals surface area (Å²) in [5.41, 5.74) is 0.923. The number of hydrogen-bond acceptors (Lipinski definition) is 2. The van der Waals surface area contributed by atoms with E-state index >= 15 is 0 Å². The quantitative estimate of drug-likeness (QED) is 0.643. The number of aromatic nitrogens is 2. The molecular formula is C14H15ClF2N4S. The van der Waals surface area contributed by atoms with Crippen molar-refractivity contribution in [3.05, 3.63) is 46.7 Å². The summed E-state index contributed by atoms with van der Waals surface area (Å²) in [6, 6.07) is 3.26. The first-order chi connectivity index (χ1) is 10.5. The van der Waals surface area contributed by atoms with Gasteiger partial charge in [0.15, 0.2) is 5.11 Å². The number of thiocarbonyl (C=S) groups is 1. The number of anilines is 1. The predicted octanol–water partition coefficient (Wildman–Crippen LogP) is 3.50. The Morgan fingerprint density at radius 3 is 2.82 bits per heavy atom. The first-order valence-electron chi connectivity index (χ1n) is 6.65. The second-order valence-electron chi connectivity index (χ2n) is 4.68. The number of halogens is 3. The molecule has 22 heavy (non-hydrogen) atoms. The zero-order chi connectivity index (χ0) is 16.1. The highest BCUT2D eigenvalue weighted by Gasteiger charge is 2.05. The van der Waals surface area contributed by atoms with Crippen LogP contribution in [0.2, 0.25) is 5.02 Å². The van der Waals surface area contributed by atoms with E-state index in [1.165, 1.54) is 6.07 Å². The first-order valence-corrected chi connectivity index (χ1v) is 7.44. The number of nitrogens with zero attached hydrogens (tertiary/aromatic N) is 2. The largest absolute Gasteiger partial charge is 0.362 e. The average Bonchev–Trinajstić information content (AvgIpc) is 2.77. The second-order valence-corrected chi connectivity index (χ2v) is 5.50. The molecule has 1 aromatic heterocycles. The van der Waals surface area contributed by atoms with E-state index in [4.69, 9.17) is 23.8 Å². The fourth-order valence-electron chi connectivity index (χ4n) is 1.81. The Balaban J connectivity index is 1.73. The van der Waals surface area contributed by atoms with Crippen molar-refractivity contribution in [1.82, 2.24) is 15.1 Å². The van der Waals surface area contributed by atoms with E-state index in [1.807, 2.05) is 6.92 Å². The van der Waals surface area contributed by atoms with Crippen LogP contribution in [-0.2, 0) is 6.54 Å². The van der Waals surface area contributed by atoms with E-state index in [-0.39, 0.29) is 10.8 Å². The number of aryl methyl sites for hydroxylation is 2. The van der Waals surface area contributed by atoms with Crippen LogP contribution in [0.3, 0.4) is 0 Å². The minimum atomic E-state index is -0.689. The molecule has 1 aromatic carbocycles. The monoisotopic (exact) mass is 344 g/mol. The highest BCUT2D eigenvalue weighted by Crippen LogP contribution is 2.14. The number of hydrogen-bond donors (Lipinski definition) is 2. The van der Waals surface area contributed by atoms with Gasteiger partial charge in [-0.25, -0.2) is 8.78 Å². The van der Waals surface area contributed by atoms with E-state index in [0.717, 1.165) is 24.2 Å². The number of benzene rings is 1. The van der Waals surface area contributed by atoms with Crippen LogP contribution in [0.5, 0.6) is 0 Å². The van der Waals surface area contributed by atoms with Gasteiger partial charge in [-0.1, -0.05) is 11.6 Å². The van der Waals surface area contributed by atoms with Crippen LogP contribution in [0.4, 0.5) is 14.5 Å². The maximum absolute atomic E-state index is 13.4. The molecule has 1 heterocycles. The Labute approximate surface area is 137 Å². The highest BCUT2D eigenvalue weighted by molar-refractivity contribution is 7.80.